The number of piperidine rings is 1. The van der Waals surface area contributed by atoms with Gasteiger partial charge >= 0.3 is 0 Å². The summed E-state index contributed by atoms with van der Waals surface area (Å²) in [7, 11) is 0. The van der Waals surface area contributed by atoms with E-state index in [1.165, 1.54) is 12.8 Å². The van der Waals surface area contributed by atoms with Crippen molar-refractivity contribution in [2.24, 2.45) is 11.8 Å². The Labute approximate surface area is 185 Å². The average Bonchev–Trinajstić information content (AvgIpc) is 2.78. The van der Waals surface area contributed by atoms with E-state index in [2.05, 4.69) is 22.1 Å². The number of ether oxygens (including phenoxy) is 1. The zero-order valence-corrected chi connectivity index (χ0v) is 18.9. The van der Waals surface area contributed by atoms with E-state index in [0.717, 1.165) is 66.8 Å². The number of hydrogen-bond acceptors (Lipinski definition) is 5. The van der Waals surface area contributed by atoms with Gasteiger partial charge in [0, 0.05) is 37.4 Å². The molecule has 0 radical (unpaired) electrons. The van der Waals surface area contributed by atoms with Gasteiger partial charge < -0.3 is 15.0 Å². The number of aromatic nitrogens is 2. The lowest BCUT2D eigenvalue weighted by atomic mass is 9.86. The minimum atomic E-state index is -0.0127. The highest BCUT2D eigenvalue weighted by Gasteiger charge is 2.27. The monoisotopic (exact) mass is 422 g/mol. The van der Waals surface area contributed by atoms with Crippen molar-refractivity contribution in [3.63, 3.8) is 0 Å². The first-order valence-electron chi connectivity index (χ1n) is 11.6. The third-order valence-corrected chi connectivity index (χ3v) is 6.34. The average molecular weight is 423 g/mol. The number of aryl methyl sites for hydroxylation is 1. The van der Waals surface area contributed by atoms with Crippen molar-refractivity contribution in [3.8, 4) is 5.75 Å². The van der Waals surface area contributed by atoms with Crippen molar-refractivity contribution in [2.45, 2.75) is 65.5 Å². The molecule has 2 heterocycles. The minimum Gasteiger partial charge on any atom is -0.491 e. The number of amides is 1. The summed E-state index contributed by atoms with van der Waals surface area (Å²) in [6.07, 6.45) is 6.92. The lowest BCUT2D eigenvalue weighted by molar-refractivity contribution is -0.125. The molecule has 1 aliphatic carbocycles. The van der Waals surface area contributed by atoms with E-state index in [1.54, 1.807) is 0 Å². The summed E-state index contributed by atoms with van der Waals surface area (Å²) < 4.78 is 5.67. The molecular formula is C25H34N4O2. The maximum absolute atomic E-state index is 12.8. The van der Waals surface area contributed by atoms with Gasteiger partial charge in [0.2, 0.25) is 11.9 Å². The van der Waals surface area contributed by atoms with Gasteiger partial charge in [0.1, 0.15) is 5.75 Å². The predicted octanol–water partition coefficient (Wildman–Crippen LogP) is 3.92. The SMILES string of the molecule is CC1CCN(c2ncc3c(n2)CC[C@H](C(=O)NCc2ccc(OC(C)C)cc2)C3)CC1. The van der Waals surface area contributed by atoms with Gasteiger partial charge in [0.25, 0.3) is 0 Å². The van der Waals surface area contributed by atoms with Crippen LogP contribution in [0.1, 0.15) is 56.9 Å². The van der Waals surface area contributed by atoms with Crippen LogP contribution in [0.2, 0.25) is 0 Å². The van der Waals surface area contributed by atoms with Crippen LogP contribution in [0, 0.1) is 11.8 Å². The molecule has 4 rings (SSSR count). The highest BCUT2D eigenvalue weighted by Crippen LogP contribution is 2.27. The maximum Gasteiger partial charge on any atom is 0.225 e. The quantitative estimate of drug-likeness (QED) is 0.764. The Balaban J connectivity index is 1.30. The van der Waals surface area contributed by atoms with Crippen LogP contribution in [0.4, 0.5) is 5.95 Å². The molecular weight excluding hydrogens is 388 g/mol. The summed E-state index contributed by atoms with van der Waals surface area (Å²) >= 11 is 0. The van der Waals surface area contributed by atoms with Crippen molar-refractivity contribution >= 4 is 11.9 Å². The molecule has 0 spiro atoms. The van der Waals surface area contributed by atoms with Gasteiger partial charge in [-0.3, -0.25) is 4.79 Å². The van der Waals surface area contributed by atoms with Gasteiger partial charge in [-0.1, -0.05) is 19.1 Å². The standard InChI is InChI=1S/C25H34N4O2/c1-17(2)31-22-7-4-19(5-8-22)15-26-24(30)20-6-9-23-21(14-20)16-27-25(28-23)29-12-10-18(3)11-13-29/h4-5,7-8,16-18,20H,6,9-15H2,1-3H3,(H,26,30)/t20-/m0/s1. The second kappa shape index (κ2) is 9.67. The van der Waals surface area contributed by atoms with E-state index in [1.807, 2.05) is 44.3 Å². The fourth-order valence-electron chi connectivity index (χ4n) is 4.37. The molecule has 1 amide bonds. The normalized spacial score (nSPS) is 19.2. The molecule has 1 aliphatic heterocycles. The van der Waals surface area contributed by atoms with Crippen molar-refractivity contribution in [1.82, 2.24) is 15.3 Å². The molecule has 0 unspecified atom stereocenters. The minimum absolute atomic E-state index is 0.0127. The molecule has 2 aromatic rings. The summed E-state index contributed by atoms with van der Waals surface area (Å²) in [5, 5.41) is 3.10. The Morgan fingerprint density at radius 3 is 2.65 bits per heavy atom. The highest BCUT2D eigenvalue weighted by molar-refractivity contribution is 5.79. The molecule has 0 bridgehead atoms. The number of fused-ring (bicyclic) bond motifs is 1. The van der Waals surface area contributed by atoms with Crippen LogP contribution in [-0.2, 0) is 24.2 Å². The van der Waals surface area contributed by atoms with Crippen molar-refractivity contribution in [1.29, 1.82) is 0 Å². The highest BCUT2D eigenvalue weighted by atomic mass is 16.5. The zero-order chi connectivity index (χ0) is 21.8. The van der Waals surface area contributed by atoms with Gasteiger partial charge in [-0.15, -0.1) is 0 Å². The molecule has 6 heteroatoms. The van der Waals surface area contributed by atoms with Crippen LogP contribution >= 0.6 is 0 Å². The molecule has 31 heavy (non-hydrogen) atoms. The Morgan fingerprint density at radius 1 is 1.19 bits per heavy atom. The first-order valence-corrected chi connectivity index (χ1v) is 11.6. The van der Waals surface area contributed by atoms with E-state index in [4.69, 9.17) is 9.72 Å². The number of rotatable bonds is 6. The third-order valence-electron chi connectivity index (χ3n) is 6.34. The third kappa shape index (κ3) is 5.54. The number of hydrogen-bond donors (Lipinski definition) is 1. The first-order chi connectivity index (χ1) is 15.0. The number of anilines is 1. The van der Waals surface area contributed by atoms with E-state index in [9.17, 15) is 4.79 Å². The molecule has 1 atom stereocenters. The Morgan fingerprint density at radius 2 is 1.94 bits per heavy atom. The van der Waals surface area contributed by atoms with Crippen molar-refractivity contribution < 1.29 is 9.53 Å². The smallest absolute Gasteiger partial charge is 0.225 e. The molecule has 166 valence electrons. The fourth-order valence-corrected chi connectivity index (χ4v) is 4.37. The topological polar surface area (TPSA) is 67.4 Å². The zero-order valence-electron chi connectivity index (χ0n) is 18.9. The van der Waals surface area contributed by atoms with E-state index < -0.39 is 0 Å². The largest absolute Gasteiger partial charge is 0.491 e. The van der Waals surface area contributed by atoms with E-state index >= 15 is 0 Å². The molecule has 2 aliphatic rings. The van der Waals surface area contributed by atoms with Crippen LogP contribution in [0.3, 0.4) is 0 Å². The van der Waals surface area contributed by atoms with Crippen LogP contribution < -0.4 is 15.0 Å². The van der Waals surface area contributed by atoms with Crippen molar-refractivity contribution in [3.05, 3.63) is 47.3 Å². The number of carbonyl (C=O) groups is 1. The van der Waals surface area contributed by atoms with Crippen LogP contribution in [-0.4, -0.2) is 35.1 Å². The summed E-state index contributed by atoms with van der Waals surface area (Å²) in [6.45, 7) is 8.94. The molecule has 0 saturated carbocycles. The Kier molecular flexibility index (Phi) is 6.73. The van der Waals surface area contributed by atoms with Gasteiger partial charge in [0.15, 0.2) is 0 Å². The summed E-state index contributed by atoms with van der Waals surface area (Å²) in [4.78, 5) is 24.5. The van der Waals surface area contributed by atoms with Crippen LogP contribution in [0.15, 0.2) is 30.5 Å². The van der Waals surface area contributed by atoms with E-state index in [0.29, 0.717) is 6.54 Å². The molecule has 6 nitrogen and oxygen atoms in total. The molecule has 1 aromatic carbocycles. The lowest BCUT2D eigenvalue weighted by Gasteiger charge is -2.31. The summed E-state index contributed by atoms with van der Waals surface area (Å²) in [5.74, 6) is 2.61. The second-order valence-corrected chi connectivity index (χ2v) is 9.28. The molecule has 1 N–H and O–H groups in total. The Hall–Kier alpha value is -2.63. The van der Waals surface area contributed by atoms with Gasteiger partial charge in [-0.2, -0.15) is 0 Å². The Bertz CT molecular complexity index is 889. The first kappa shape index (κ1) is 21.6. The predicted molar refractivity (Wildman–Crippen MR) is 122 cm³/mol. The van der Waals surface area contributed by atoms with Crippen LogP contribution in [0.25, 0.3) is 0 Å². The van der Waals surface area contributed by atoms with E-state index in [-0.39, 0.29) is 17.9 Å². The summed E-state index contributed by atoms with van der Waals surface area (Å²) in [5.41, 5.74) is 3.31. The number of carbonyl (C=O) groups excluding carboxylic acids is 1. The van der Waals surface area contributed by atoms with Gasteiger partial charge in [0.05, 0.1) is 6.10 Å². The number of benzene rings is 1. The van der Waals surface area contributed by atoms with Gasteiger partial charge in [-0.25, -0.2) is 9.97 Å². The molecule has 1 saturated heterocycles. The van der Waals surface area contributed by atoms with Crippen LogP contribution in [0.5, 0.6) is 5.75 Å². The number of nitrogens with one attached hydrogen (secondary N) is 1. The number of nitrogens with zero attached hydrogens (tertiary/aromatic N) is 3. The summed E-state index contributed by atoms with van der Waals surface area (Å²) in [6, 6.07) is 7.92. The van der Waals surface area contributed by atoms with Gasteiger partial charge in [-0.05, 0) is 75.1 Å². The fraction of sp³-hybridized carbons (Fsp3) is 0.560. The lowest BCUT2D eigenvalue weighted by Crippen LogP contribution is -2.36. The maximum atomic E-state index is 12.8. The molecule has 1 fully saturated rings. The molecule has 1 aromatic heterocycles. The second-order valence-electron chi connectivity index (χ2n) is 9.28. The van der Waals surface area contributed by atoms with Crippen molar-refractivity contribution in [2.75, 3.05) is 18.0 Å².